The average molecular weight is 228 g/mol. The van der Waals surface area contributed by atoms with Gasteiger partial charge in [-0.15, -0.1) is 0 Å². The van der Waals surface area contributed by atoms with Crippen LogP contribution in [0.1, 0.15) is 27.7 Å². The summed E-state index contributed by atoms with van der Waals surface area (Å²) in [6.07, 6.45) is 0. The third-order valence-electron chi connectivity index (χ3n) is 1.35. The van der Waals surface area contributed by atoms with Gasteiger partial charge in [0.15, 0.2) is 0 Å². The van der Waals surface area contributed by atoms with Crippen LogP contribution in [0, 0.1) is 0 Å². The summed E-state index contributed by atoms with van der Waals surface area (Å²) in [6, 6.07) is 0. The predicted octanol–water partition coefficient (Wildman–Crippen LogP) is 0.838. The number of rotatable bonds is 3. The molecule has 7 heteroatoms. The first-order chi connectivity index (χ1) is 5.52. The van der Waals surface area contributed by atoms with Crippen molar-refractivity contribution in [2.45, 2.75) is 32.4 Å². The molecule has 0 saturated carbocycles. The molecule has 80 valence electrons. The highest BCUT2D eigenvalue weighted by Gasteiger charge is 2.23. The molecule has 0 radical (unpaired) electrons. The highest BCUT2D eigenvalue weighted by atomic mass is 32.3. The minimum Gasteiger partial charge on any atom is -0.436 e. The largest absolute Gasteiger partial charge is 0.436 e. The summed E-state index contributed by atoms with van der Waals surface area (Å²) in [5, 5.41) is 0. The second-order valence-corrected chi connectivity index (χ2v) is 8.04. The number of hydrogen-bond donors (Lipinski definition) is 0. The Morgan fingerprint density at radius 3 is 1.69 bits per heavy atom. The first-order valence-electron chi connectivity index (χ1n) is 3.73. The maximum absolute atomic E-state index is 11.3. The molecule has 0 unspecified atom stereocenters. The fourth-order valence-electron chi connectivity index (χ4n) is 0.314. The van der Waals surface area contributed by atoms with Crippen molar-refractivity contribution in [1.29, 1.82) is 0 Å². The minimum atomic E-state index is -3.93. The Hall–Kier alpha value is -0.140. The molecule has 0 aliphatic rings. The Bertz CT molecular complexity index is 360. The van der Waals surface area contributed by atoms with Gasteiger partial charge in [0.05, 0.1) is 20.0 Å². The van der Waals surface area contributed by atoms with Crippen LogP contribution in [0.25, 0.3) is 4.13 Å². The fraction of sp³-hybridized carbons (Fsp3) is 1.00. The summed E-state index contributed by atoms with van der Waals surface area (Å²) >= 11 is 0. The Kier molecular flexibility index (Phi) is 3.51. The molecule has 0 amide bonds. The standard InChI is InChI=1S/C6H14NO4S2/c1-5-12(8,9)7-13(10,11)6(2,3)4/h5H2,1-4H3/q-1. The average Bonchev–Trinajstić information content (AvgIpc) is 1.83. The van der Waals surface area contributed by atoms with Gasteiger partial charge < -0.3 is 4.13 Å². The molecular formula is C6H14NO4S2-. The summed E-state index contributed by atoms with van der Waals surface area (Å²) in [5.74, 6) is -0.303. The molecule has 0 N–H and O–H groups in total. The van der Waals surface area contributed by atoms with Gasteiger partial charge in [-0.3, -0.25) is 0 Å². The molecular weight excluding hydrogens is 214 g/mol. The van der Waals surface area contributed by atoms with Crippen molar-refractivity contribution >= 4 is 20.0 Å². The van der Waals surface area contributed by atoms with Gasteiger partial charge in [0.2, 0.25) is 0 Å². The van der Waals surface area contributed by atoms with Crippen LogP contribution in [0.15, 0.2) is 0 Å². The maximum Gasteiger partial charge on any atom is 0.0880 e. The zero-order chi connectivity index (χ0) is 10.9. The molecule has 0 atom stereocenters. The second-order valence-electron chi connectivity index (χ2n) is 3.53. The van der Waals surface area contributed by atoms with Gasteiger partial charge in [0.25, 0.3) is 0 Å². The van der Waals surface area contributed by atoms with Crippen LogP contribution in [0.4, 0.5) is 0 Å². The van der Waals surface area contributed by atoms with Crippen LogP contribution in [0.2, 0.25) is 0 Å². The van der Waals surface area contributed by atoms with Gasteiger partial charge in [-0.1, -0.05) is 6.92 Å². The molecule has 0 aromatic carbocycles. The summed E-state index contributed by atoms with van der Waals surface area (Å²) in [7, 11) is -7.75. The van der Waals surface area contributed by atoms with Crippen LogP contribution in [-0.4, -0.2) is 27.3 Å². The Balaban J connectivity index is 4.97. The van der Waals surface area contributed by atoms with Gasteiger partial charge in [0, 0.05) is 10.5 Å². The molecule has 13 heavy (non-hydrogen) atoms. The summed E-state index contributed by atoms with van der Waals surface area (Å²) in [5.41, 5.74) is 0. The third kappa shape index (κ3) is 3.61. The van der Waals surface area contributed by atoms with Crippen LogP contribution in [0.5, 0.6) is 0 Å². The lowest BCUT2D eigenvalue weighted by molar-refractivity contribution is 0.567. The molecule has 0 rings (SSSR count). The van der Waals surface area contributed by atoms with Gasteiger partial charge in [0.1, 0.15) is 0 Å². The minimum absolute atomic E-state index is 0.303. The van der Waals surface area contributed by atoms with Gasteiger partial charge >= 0.3 is 0 Å². The van der Waals surface area contributed by atoms with E-state index in [1.807, 2.05) is 0 Å². The lowest BCUT2D eigenvalue weighted by Gasteiger charge is -2.29. The predicted molar refractivity (Wildman–Crippen MR) is 51.5 cm³/mol. The lowest BCUT2D eigenvalue weighted by Crippen LogP contribution is -2.28. The van der Waals surface area contributed by atoms with E-state index in [-0.39, 0.29) is 5.75 Å². The zero-order valence-corrected chi connectivity index (χ0v) is 9.74. The number of sulfonamides is 2. The van der Waals surface area contributed by atoms with Gasteiger partial charge in [-0.05, 0) is 20.8 Å². The highest BCUT2D eigenvalue weighted by Crippen LogP contribution is 2.24. The SMILES string of the molecule is CCS(=O)(=O)[N-]S(=O)(=O)C(C)(C)C. The molecule has 0 aromatic rings. The van der Waals surface area contributed by atoms with Crippen molar-refractivity contribution in [3.8, 4) is 0 Å². The first kappa shape index (κ1) is 12.9. The Morgan fingerprint density at radius 1 is 1.08 bits per heavy atom. The van der Waals surface area contributed by atoms with Crippen molar-refractivity contribution in [1.82, 2.24) is 0 Å². The van der Waals surface area contributed by atoms with Crippen LogP contribution >= 0.6 is 0 Å². The quantitative estimate of drug-likeness (QED) is 0.716. The van der Waals surface area contributed by atoms with Crippen LogP contribution in [-0.2, 0) is 20.0 Å². The van der Waals surface area contributed by atoms with Crippen LogP contribution < -0.4 is 0 Å². The Morgan fingerprint density at radius 2 is 1.46 bits per heavy atom. The molecule has 0 aromatic heterocycles. The molecule has 0 spiro atoms. The van der Waals surface area contributed by atoms with Gasteiger partial charge in [-0.2, -0.15) is 0 Å². The maximum atomic E-state index is 11.3. The van der Waals surface area contributed by atoms with E-state index in [1.165, 1.54) is 27.7 Å². The first-order valence-corrected chi connectivity index (χ1v) is 6.78. The van der Waals surface area contributed by atoms with E-state index in [0.717, 1.165) is 0 Å². The lowest BCUT2D eigenvalue weighted by atomic mass is 10.3. The topological polar surface area (TPSA) is 82.4 Å². The van der Waals surface area contributed by atoms with E-state index in [1.54, 1.807) is 0 Å². The smallest absolute Gasteiger partial charge is 0.0880 e. The van der Waals surface area contributed by atoms with E-state index in [2.05, 4.69) is 4.13 Å². The van der Waals surface area contributed by atoms with E-state index >= 15 is 0 Å². The monoisotopic (exact) mass is 228 g/mol. The highest BCUT2D eigenvalue weighted by molar-refractivity contribution is 8.12. The molecule has 0 aliphatic heterocycles. The normalized spacial score (nSPS) is 14.5. The molecule has 0 aliphatic carbocycles. The van der Waals surface area contributed by atoms with E-state index < -0.39 is 24.8 Å². The van der Waals surface area contributed by atoms with Crippen molar-refractivity contribution in [2.24, 2.45) is 0 Å². The number of hydrogen-bond acceptors (Lipinski definition) is 4. The van der Waals surface area contributed by atoms with E-state index in [9.17, 15) is 16.8 Å². The molecule has 0 heterocycles. The number of nitrogens with zero attached hydrogens (tertiary/aromatic N) is 1. The van der Waals surface area contributed by atoms with Crippen molar-refractivity contribution in [2.75, 3.05) is 5.75 Å². The molecule has 0 bridgehead atoms. The van der Waals surface area contributed by atoms with E-state index in [4.69, 9.17) is 0 Å². The van der Waals surface area contributed by atoms with Crippen molar-refractivity contribution in [3.05, 3.63) is 4.13 Å². The summed E-state index contributed by atoms with van der Waals surface area (Å²) < 4.78 is 46.1. The molecule has 0 fully saturated rings. The summed E-state index contributed by atoms with van der Waals surface area (Å²) in [6.45, 7) is 5.54. The van der Waals surface area contributed by atoms with Crippen molar-refractivity contribution in [3.63, 3.8) is 0 Å². The third-order valence-corrected chi connectivity index (χ3v) is 5.32. The molecule has 5 nitrogen and oxygen atoms in total. The van der Waals surface area contributed by atoms with Crippen LogP contribution in [0.3, 0.4) is 0 Å². The second kappa shape index (κ2) is 3.55. The zero-order valence-electron chi connectivity index (χ0n) is 8.10. The fourth-order valence-corrected chi connectivity index (χ4v) is 2.83. The Labute approximate surface area is 79.6 Å². The molecule has 0 saturated heterocycles. The van der Waals surface area contributed by atoms with Gasteiger partial charge in [-0.25, -0.2) is 16.8 Å². The van der Waals surface area contributed by atoms with E-state index in [0.29, 0.717) is 0 Å². The summed E-state index contributed by atoms with van der Waals surface area (Å²) in [4.78, 5) is 0. The van der Waals surface area contributed by atoms with Crippen molar-refractivity contribution < 1.29 is 16.8 Å².